The number of carboxylic acids is 1. The van der Waals surface area contributed by atoms with Gasteiger partial charge in [0.1, 0.15) is 17.3 Å². The van der Waals surface area contributed by atoms with Crippen molar-refractivity contribution in [3.05, 3.63) is 82.7 Å². The fourth-order valence-electron chi connectivity index (χ4n) is 5.00. The van der Waals surface area contributed by atoms with Gasteiger partial charge in [-0.05, 0) is 81.5 Å². The summed E-state index contributed by atoms with van der Waals surface area (Å²) in [6, 6.07) is 7.20. The third-order valence-electron chi connectivity index (χ3n) is 6.67. The number of rotatable bonds is 7. The number of aliphatic carboxylic acids is 1. The maximum atomic E-state index is 15.5. The number of halogens is 3. The van der Waals surface area contributed by atoms with Crippen LogP contribution >= 0.6 is 0 Å². The van der Waals surface area contributed by atoms with E-state index in [1.165, 1.54) is 13.8 Å². The summed E-state index contributed by atoms with van der Waals surface area (Å²) in [4.78, 5) is 12.7. The van der Waals surface area contributed by atoms with Gasteiger partial charge in [0.25, 0.3) is 0 Å². The fourth-order valence-corrected chi connectivity index (χ4v) is 5.00. The van der Waals surface area contributed by atoms with E-state index in [9.17, 15) is 9.18 Å². The van der Waals surface area contributed by atoms with Gasteiger partial charge < -0.3 is 5.11 Å². The van der Waals surface area contributed by atoms with Crippen molar-refractivity contribution in [1.82, 2.24) is 14.7 Å². The van der Waals surface area contributed by atoms with Crippen molar-refractivity contribution in [3.63, 3.8) is 0 Å². The van der Waals surface area contributed by atoms with Crippen LogP contribution in [0.4, 0.5) is 13.2 Å². The average molecular weight is 512 g/mol. The number of nitrogens with zero attached hydrogens (tertiary/aromatic N) is 3. The molecule has 1 aliphatic rings. The van der Waals surface area contributed by atoms with Crippen LogP contribution in [0, 0.1) is 11.6 Å². The lowest BCUT2D eigenvalue weighted by molar-refractivity contribution is -0.131. The molecule has 1 aliphatic heterocycles. The highest BCUT2D eigenvalue weighted by Crippen LogP contribution is 2.42. The van der Waals surface area contributed by atoms with Gasteiger partial charge in [0.2, 0.25) is 0 Å². The van der Waals surface area contributed by atoms with Crippen LogP contribution in [0.15, 0.2) is 48.8 Å². The summed E-state index contributed by atoms with van der Waals surface area (Å²) in [6.45, 7) is 8.92. The zero-order valence-electron chi connectivity index (χ0n) is 21.7. The van der Waals surface area contributed by atoms with E-state index in [-0.39, 0.29) is 29.8 Å². The fraction of sp³-hybridized carbons (Fsp3) is 0.379. The summed E-state index contributed by atoms with van der Waals surface area (Å²) in [7, 11) is 0. The van der Waals surface area contributed by atoms with Gasteiger partial charge in [-0.25, -0.2) is 18.0 Å². The highest BCUT2D eigenvalue weighted by atomic mass is 19.1. The molecule has 0 aliphatic carbocycles. The van der Waals surface area contributed by atoms with Gasteiger partial charge in [0.15, 0.2) is 0 Å². The van der Waals surface area contributed by atoms with E-state index in [0.29, 0.717) is 12.0 Å². The summed E-state index contributed by atoms with van der Waals surface area (Å²) >= 11 is 0. The predicted molar refractivity (Wildman–Crippen MR) is 138 cm³/mol. The Hall–Kier alpha value is -3.39. The molecule has 4 rings (SSSR count). The average Bonchev–Trinajstić information content (AvgIpc) is 3.29. The lowest BCUT2D eigenvalue weighted by atomic mass is 9.82. The first-order valence-electron chi connectivity index (χ1n) is 12.4. The molecular formula is C29H32F3N3O2. The molecule has 0 amide bonds. The van der Waals surface area contributed by atoms with E-state index in [1.807, 2.05) is 54.7 Å². The Kier molecular flexibility index (Phi) is 7.33. The van der Waals surface area contributed by atoms with Crippen LogP contribution in [0.25, 0.3) is 17.2 Å². The van der Waals surface area contributed by atoms with Crippen LogP contribution in [-0.2, 0) is 11.2 Å². The van der Waals surface area contributed by atoms with Crippen LogP contribution < -0.4 is 0 Å². The van der Waals surface area contributed by atoms with Gasteiger partial charge in [0, 0.05) is 42.0 Å². The van der Waals surface area contributed by atoms with Crippen LogP contribution in [0.1, 0.15) is 69.0 Å². The minimum absolute atomic E-state index is 0.0132. The van der Waals surface area contributed by atoms with Crippen LogP contribution in [0.5, 0.6) is 0 Å². The minimum Gasteiger partial charge on any atom is -0.478 e. The number of hydrogen-bond acceptors (Lipinski definition) is 3. The Balaban J connectivity index is 1.84. The molecule has 2 atom stereocenters. The number of aromatic nitrogens is 2. The van der Waals surface area contributed by atoms with Crippen molar-refractivity contribution in [1.29, 1.82) is 0 Å². The minimum atomic E-state index is -1.59. The molecule has 8 heteroatoms. The Morgan fingerprint density at radius 2 is 1.86 bits per heavy atom. The number of benzene rings is 2. The Morgan fingerprint density at radius 1 is 1.19 bits per heavy atom. The second-order valence-electron chi connectivity index (χ2n) is 10.6. The van der Waals surface area contributed by atoms with Crippen molar-refractivity contribution in [2.45, 2.75) is 64.8 Å². The normalized spacial score (nSPS) is 18.5. The smallest absolute Gasteiger partial charge is 0.328 e. The molecule has 3 aromatic rings. The van der Waals surface area contributed by atoms with Crippen LogP contribution in [-0.4, -0.2) is 44.0 Å². The SMILES string of the molecule is CC(C)n1cc(-c2ccc3c(c2)C[C@@H](C)N(CC(C)(C)F)[C@@H]3c2c(F)cc(/C=C/C(=O)O)cc2F)cn1. The van der Waals surface area contributed by atoms with Gasteiger partial charge in [-0.15, -0.1) is 0 Å². The molecule has 1 aromatic heterocycles. The predicted octanol–water partition coefficient (Wildman–Crippen LogP) is 6.59. The van der Waals surface area contributed by atoms with Gasteiger partial charge >= 0.3 is 5.97 Å². The summed E-state index contributed by atoms with van der Waals surface area (Å²) in [6.07, 6.45) is 6.33. The monoisotopic (exact) mass is 511 g/mol. The van der Waals surface area contributed by atoms with Crippen molar-refractivity contribution < 1.29 is 23.1 Å². The second-order valence-corrected chi connectivity index (χ2v) is 10.6. The molecule has 2 heterocycles. The first-order valence-corrected chi connectivity index (χ1v) is 12.4. The second kappa shape index (κ2) is 10.2. The highest BCUT2D eigenvalue weighted by molar-refractivity contribution is 5.85. The van der Waals surface area contributed by atoms with E-state index in [4.69, 9.17) is 5.11 Å². The Labute approximate surface area is 215 Å². The van der Waals surface area contributed by atoms with Crippen LogP contribution in [0.2, 0.25) is 0 Å². The van der Waals surface area contributed by atoms with Crippen molar-refractivity contribution in [2.24, 2.45) is 0 Å². The first kappa shape index (κ1) is 26.7. The first-order chi connectivity index (χ1) is 17.3. The number of hydrogen-bond donors (Lipinski definition) is 1. The van der Waals surface area contributed by atoms with Gasteiger partial charge in [-0.2, -0.15) is 5.10 Å². The van der Waals surface area contributed by atoms with E-state index >= 15 is 8.78 Å². The molecule has 0 fully saturated rings. The maximum absolute atomic E-state index is 15.5. The molecule has 0 radical (unpaired) electrons. The maximum Gasteiger partial charge on any atom is 0.328 e. The molecule has 1 N–H and O–H groups in total. The topological polar surface area (TPSA) is 58.4 Å². The van der Waals surface area contributed by atoms with Gasteiger partial charge in [-0.3, -0.25) is 9.58 Å². The largest absolute Gasteiger partial charge is 0.478 e. The van der Waals surface area contributed by atoms with Crippen LogP contribution in [0.3, 0.4) is 0 Å². The molecule has 0 bridgehead atoms. The molecule has 2 aromatic carbocycles. The van der Waals surface area contributed by atoms with Crippen molar-refractivity contribution in [2.75, 3.05) is 6.54 Å². The van der Waals surface area contributed by atoms with E-state index in [1.54, 1.807) is 6.20 Å². The third kappa shape index (κ3) is 5.80. The van der Waals surface area contributed by atoms with E-state index in [2.05, 4.69) is 5.10 Å². The standard InChI is InChI=1S/C29H32F3N3O2/c1-17(2)35-15-22(14-33-35)20-7-8-23-21(13-20)10-18(3)34(16-29(4,5)32)28(23)27-24(30)11-19(12-25(27)31)6-9-26(36)37/h6-9,11-15,17-18,28H,10,16H2,1-5H3,(H,36,37)/b9-6+/t18-,28+/m1/s1. The summed E-state index contributed by atoms with van der Waals surface area (Å²) < 4.78 is 47.8. The molecule has 0 unspecified atom stereocenters. The van der Waals surface area contributed by atoms with E-state index < -0.39 is 29.3 Å². The van der Waals surface area contributed by atoms with Gasteiger partial charge in [0.05, 0.1) is 12.2 Å². The van der Waals surface area contributed by atoms with E-state index in [0.717, 1.165) is 41.0 Å². The molecule has 0 saturated heterocycles. The lowest BCUT2D eigenvalue weighted by Crippen LogP contribution is -2.48. The van der Waals surface area contributed by atoms with Gasteiger partial charge in [-0.1, -0.05) is 18.2 Å². The number of fused-ring (bicyclic) bond motifs is 1. The Morgan fingerprint density at radius 3 is 2.43 bits per heavy atom. The zero-order valence-corrected chi connectivity index (χ0v) is 21.7. The molecule has 5 nitrogen and oxygen atoms in total. The summed E-state index contributed by atoms with van der Waals surface area (Å²) in [5, 5.41) is 13.3. The quantitative estimate of drug-likeness (QED) is 0.364. The van der Waals surface area contributed by atoms with Crippen molar-refractivity contribution >= 4 is 12.0 Å². The summed E-state index contributed by atoms with van der Waals surface area (Å²) in [5.41, 5.74) is 1.88. The Bertz CT molecular complexity index is 1320. The molecule has 37 heavy (non-hydrogen) atoms. The van der Waals surface area contributed by atoms with Crippen molar-refractivity contribution in [3.8, 4) is 11.1 Å². The zero-order chi connectivity index (χ0) is 27.1. The summed E-state index contributed by atoms with van der Waals surface area (Å²) in [5.74, 6) is -2.83. The third-order valence-corrected chi connectivity index (χ3v) is 6.67. The lowest BCUT2D eigenvalue weighted by Gasteiger charge is -2.44. The highest BCUT2D eigenvalue weighted by Gasteiger charge is 2.39. The number of alkyl halides is 1. The molecule has 0 saturated carbocycles. The molecule has 196 valence electrons. The molecular weight excluding hydrogens is 479 g/mol. The number of carboxylic acid groups (broad SMARTS) is 1. The number of carbonyl (C=O) groups is 1. The molecule has 0 spiro atoms.